The fraction of sp³-hybridized carbons (Fsp3) is 0.471. The number of benzene rings is 1. The molecule has 1 unspecified atom stereocenters. The number of rotatable bonds is 5. The lowest BCUT2D eigenvalue weighted by Gasteiger charge is -2.35. The average molecular weight is 330 g/mol. The molecule has 1 atom stereocenters. The number of aliphatic hydroxyl groups excluding tert-OH is 1. The molecule has 7 heteroatoms. The molecule has 1 aliphatic rings. The molecule has 0 bridgehead atoms. The number of carbonyl (C=O) groups is 1. The van der Waals surface area contributed by atoms with Gasteiger partial charge in [-0.05, 0) is 43.5 Å². The molecule has 2 aromatic rings. The molecule has 1 aromatic heterocycles. The number of ether oxygens (including phenoxy) is 1. The Balaban J connectivity index is 1.83. The number of amides is 1. The predicted molar refractivity (Wildman–Crippen MR) is 88.3 cm³/mol. The molecule has 2 heterocycles. The molecule has 1 saturated heterocycles. The second-order valence-electron chi connectivity index (χ2n) is 6.04. The van der Waals surface area contributed by atoms with Crippen molar-refractivity contribution in [2.75, 3.05) is 20.3 Å². The van der Waals surface area contributed by atoms with Crippen LogP contribution in [0.2, 0.25) is 0 Å². The van der Waals surface area contributed by atoms with E-state index in [2.05, 4.69) is 10.3 Å². The fourth-order valence-corrected chi connectivity index (χ4v) is 3.26. The van der Waals surface area contributed by atoms with Gasteiger partial charge in [-0.15, -0.1) is 5.10 Å². The van der Waals surface area contributed by atoms with Crippen molar-refractivity contribution in [2.45, 2.75) is 31.7 Å². The van der Waals surface area contributed by atoms with Crippen LogP contribution in [0, 0.1) is 0 Å². The van der Waals surface area contributed by atoms with Crippen molar-refractivity contribution in [3.05, 3.63) is 36.2 Å². The number of likely N-dealkylation sites (tertiary alicyclic amines) is 1. The quantitative estimate of drug-likeness (QED) is 0.902. The van der Waals surface area contributed by atoms with E-state index in [1.54, 1.807) is 22.9 Å². The van der Waals surface area contributed by atoms with E-state index >= 15 is 0 Å². The Hall–Kier alpha value is -2.41. The van der Waals surface area contributed by atoms with Gasteiger partial charge < -0.3 is 14.7 Å². The van der Waals surface area contributed by atoms with E-state index in [-0.39, 0.29) is 12.5 Å². The molecule has 128 valence electrons. The first-order valence-corrected chi connectivity index (χ1v) is 8.13. The van der Waals surface area contributed by atoms with Crippen LogP contribution < -0.4 is 4.74 Å². The summed E-state index contributed by atoms with van der Waals surface area (Å²) >= 11 is 0. The van der Waals surface area contributed by atoms with Gasteiger partial charge in [0.05, 0.1) is 31.1 Å². The van der Waals surface area contributed by atoms with Crippen molar-refractivity contribution in [3.63, 3.8) is 0 Å². The highest BCUT2D eigenvalue weighted by Gasteiger charge is 2.42. The summed E-state index contributed by atoms with van der Waals surface area (Å²) in [7, 11) is 1.61. The number of hydrogen-bond acceptors (Lipinski definition) is 5. The molecule has 0 aliphatic carbocycles. The highest BCUT2D eigenvalue weighted by Crippen LogP contribution is 2.33. The summed E-state index contributed by atoms with van der Waals surface area (Å²) in [5, 5.41) is 17.8. The Morgan fingerprint density at radius 2 is 2.12 bits per heavy atom. The number of carbonyl (C=O) groups excluding carboxylic acids is 1. The van der Waals surface area contributed by atoms with Gasteiger partial charge in [0, 0.05) is 6.54 Å². The number of methoxy groups -OCH3 is 1. The van der Waals surface area contributed by atoms with Gasteiger partial charge in [-0.3, -0.25) is 4.79 Å². The van der Waals surface area contributed by atoms with E-state index in [1.165, 1.54) is 0 Å². The van der Waals surface area contributed by atoms with Crippen LogP contribution in [0.5, 0.6) is 5.75 Å². The number of hydrogen-bond donors (Lipinski definition) is 1. The molecule has 0 saturated carbocycles. The lowest BCUT2D eigenvalue weighted by Crippen LogP contribution is -2.49. The molecule has 0 spiro atoms. The largest absolute Gasteiger partial charge is 0.497 e. The summed E-state index contributed by atoms with van der Waals surface area (Å²) in [5.41, 5.74) is 0.618. The molecule has 1 aromatic carbocycles. The minimum atomic E-state index is -0.471. The van der Waals surface area contributed by atoms with E-state index in [0.717, 1.165) is 30.7 Å². The van der Waals surface area contributed by atoms with Crippen LogP contribution >= 0.6 is 0 Å². The van der Waals surface area contributed by atoms with Gasteiger partial charge in [0.1, 0.15) is 5.75 Å². The number of aromatic nitrogens is 3. The van der Waals surface area contributed by atoms with Crippen LogP contribution in [0.1, 0.15) is 36.7 Å². The van der Waals surface area contributed by atoms with E-state index in [0.29, 0.717) is 12.2 Å². The molecule has 7 nitrogen and oxygen atoms in total. The highest BCUT2D eigenvalue weighted by atomic mass is 16.5. The van der Waals surface area contributed by atoms with Crippen molar-refractivity contribution in [1.29, 1.82) is 0 Å². The van der Waals surface area contributed by atoms with E-state index in [1.807, 2.05) is 31.2 Å². The Morgan fingerprint density at radius 1 is 1.38 bits per heavy atom. The van der Waals surface area contributed by atoms with Crippen LogP contribution in [0.3, 0.4) is 0 Å². The summed E-state index contributed by atoms with van der Waals surface area (Å²) < 4.78 is 6.70. The van der Waals surface area contributed by atoms with Crippen LogP contribution in [-0.4, -0.2) is 56.7 Å². The van der Waals surface area contributed by atoms with Crippen LogP contribution in [0.15, 0.2) is 30.5 Å². The smallest absolute Gasteiger partial charge is 0.276 e. The van der Waals surface area contributed by atoms with Crippen LogP contribution in [-0.2, 0) is 0 Å². The lowest BCUT2D eigenvalue weighted by molar-refractivity contribution is 0.0392. The third kappa shape index (κ3) is 2.75. The SMILES string of the molecule is CCC1(CO)CCCN1C(=O)c1cn(-c2ccc(OC)cc2)nn1. The van der Waals surface area contributed by atoms with Crippen molar-refractivity contribution in [2.24, 2.45) is 0 Å². The van der Waals surface area contributed by atoms with Gasteiger partial charge in [0.25, 0.3) is 5.91 Å². The zero-order valence-electron chi connectivity index (χ0n) is 14.0. The van der Waals surface area contributed by atoms with Crippen molar-refractivity contribution < 1.29 is 14.6 Å². The molecule has 0 radical (unpaired) electrons. The Kier molecular flexibility index (Phi) is 4.53. The van der Waals surface area contributed by atoms with Gasteiger partial charge in [-0.1, -0.05) is 12.1 Å². The standard InChI is InChI=1S/C17H22N4O3/c1-3-17(12-22)9-4-10-20(17)16(23)15-11-21(19-18-15)13-5-7-14(24-2)8-6-13/h5-8,11,22H,3-4,9-10,12H2,1-2H3. The molecular weight excluding hydrogens is 308 g/mol. The molecule has 3 rings (SSSR count). The number of nitrogens with zero attached hydrogens (tertiary/aromatic N) is 4. The minimum absolute atomic E-state index is 0.0259. The topological polar surface area (TPSA) is 80.5 Å². The average Bonchev–Trinajstić information content (AvgIpc) is 3.29. The van der Waals surface area contributed by atoms with E-state index in [9.17, 15) is 9.90 Å². The predicted octanol–water partition coefficient (Wildman–Crippen LogP) is 1.65. The zero-order chi connectivity index (χ0) is 17.2. The zero-order valence-corrected chi connectivity index (χ0v) is 14.0. The van der Waals surface area contributed by atoms with Gasteiger partial charge in [-0.2, -0.15) is 0 Å². The third-order valence-electron chi connectivity index (χ3n) is 4.84. The van der Waals surface area contributed by atoms with Gasteiger partial charge in [0.2, 0.25) is 0 Å². The van der Waals surface area contributed by atoms with Crippen molar-refractivity contribution >= 4 is 5.91 Å². The normalized spacial score (nSPS) is 20.4. The third-order valence-corrected chi connectivity index (χ3v) is 4.84. The van der Waals surface area contributed by atoms with Crippen molar-refractivity contribution in [1.82, 2.24) is 19.9 Å². The molecule has 1 aliphatic heterocycles. The highest BCUT2D eigenvalue weighted by molar-refractivity contribution is 5.92. The Morgan fingerprint density at radius 3 is 2.75 bits per heavy atom. The van der Waals surface area contributed by atoms with Gasteiger partial charge in [0.15, 0.2) is 5.69 Å². The first-order valence-electron chi connectivity index (χ1n) is 8.13. The molecule has 1 N–H and O–H groups in total. The second-order valence-corrected chi connectivity index (χ2v) is 6.04. The summed E-state index contributed by atoms with van der Waals surface area (Å²) in [6, 6.07) is 7.35. The maximum Gasteiger partial charge on any atom is 0.276 e. The number of aliphatic hydroxyl groups is 1. The lowest BCUT2D eigenvalue weighted by atomic mass is 9.94. The van der Waals surface area contributed by atoms with Crippen molar-refractivity contribution in [3.8, 4) is 11.4 Å². The van der Waals surface area contributed by atoms with Gasteiger partial charge >= 0.3 is 0 Å². The molecular formula is C17H22N4O3. The maximum atomic E-state index is 12.8. The second kappa shape index (κ2) is 6.60. The summed E-state index contributed by atoms with van der Waals surface area (Å²) in [6.07, 6.45) is 4.06. The van der Waals surface area contributed by atoms with Gasteiger partial charge in [-0.25, -0.2) is 4.68 Å². The maximum absolute atomic E-state index is 12.8. The first kappa shape index (κ1) is 16.4. The molecule has 1 fully saturated rings. The first-order chi connectivity index (χ1) is 11.6. The molecule has 1 amide bonds. The monoisotopic (exact) mass is 330 g/mol. The molecule has 24 heavy (non-hydrogen) atoms. The Labute approximate surface area is 140 Å². The summed E-state index contributed by atoms with van der Waals surface area (Å²) in [6.45, 7) is 2.61. The fourth-order valence-electron chi connectivity index (χ4n) is 3.26. The summed E-state index contributed by atoms with van der Waals surface area (Å²) in [5.74, 6) is 0.575. The van der Waals surface area contributed by atoms with E-state index in [4.69, 9.17) is 4.74 Å². The summed E-state index contributed by atoms with van der Waals surface area (Å²) in [4.78, 5) is 14.5. The van der Waals surface area contributed by atoms with E-state index < -0.39 is 5.54 Å². The minimum Gasteiger partial charge on any atom is -0.497 e. The van der Waals surface area contributed by atoms with Crippen LogP contribution in [0.4, 0.5) is 0 Å². The Bertz CT molecular complexity index is 707. The van der Waals surface area contributed by atoms with Crippen LogP contribution in [0.25, 0.3) is 5.69 Å².